The van der Waals surface area contributed by atoms with Gasteiger partial charge in [-0.1, -0.05) is 61.9 Å². The fraction of sp³-hybridized carbons (Fsp3) is 0.308. The molecule has 0 unspecified atom stereocenters. The van der Waals surface area contributed by atoms with Gasteiger partial charge in [-0.2, -0.15) is 0 Å². The lowest BCUT2D eigenvalue weighted by Gasteiger charge is -2.25. The van der Waals surface area contributed by atoms with Crippen LogP contribution in [-0.2, 0) is 22.5 Å². The van der Waals surface area contributed by atoms with Gasteiger partial charge >= 0.3 is 5.97 Å². The Hall–Kier alpha value is -4.14. The molecule has 0 saturated carbocycles. The summed E-state index contributed by atoms with van der Waals surface area (Å²) in [6.45, 7) is 5.81. The van der Waals surface area contributed by atoms with Crippen molar-refractivity contribution in [2.75, 3.05) is 18.1 Å². The summed E-state index contributed by atoms with van der Waals surface area (Å²) >= 11 is 0. The maximum Gasteiger partial charge on any atom is 0.310 e. The van der Waals surface area contributed by atoms with Gasteiger partial charge in [0.25, 0.3) is 0 Å². The zero-order valence-electron chi connectivity index (χ0n) is 20.0. The Bertz CT molecular complexity index is 1230. The first-order chi connectivity index (χ1) is 17.2. The molecule has 0 atom stereocenters. The first-order valence-corrected chi connectivity index (χ1v) is 11.8. The molecular formula is C26H29N7O2. The third kappa shape index (κ3) is 6.06. The van der Waals surface area contributed by atoms with Crippen molar-refractivity contribution in [1.29, 1.82) is 0 Å². The van der Waals surface area contributed by atoms with Crippen LogP contribution in [0.15, 0.2) is 61.1 Å². The van der Waals surface area contributed by atoms with Gasteiger partial charge in [0, 0.05) is 30.4 Å². The molecule has 0 aliphatic rings. The summed E-state index contributed by atoms with van der Waals surface area (Å²) in [5, 5.41) is 14.3. The van der Waals surface area contributed by atoms with E-state index in [0.29, 0.717) is 19.0 Å². The quantitative estimate of drug-likeness (QED) is 0.324. The van der Waals surface area contributed by atoms with E-state index >= 15 is 0 Å². The fourth-order valence-electron chi connectivity index (χ4n) is 3.96. The number of nitrogens with zero attached hydrogens (tertiary/aromatic N) is 6. The second-order valence-electron chi connectivity index (χ2n) is 8.12. The van der Waals surface area contributed by atoms with Gasteiger partial charge in [0.15, 0.2) is 5.82 Å². The lowest BCUT2D eigenvalue weighted by atomic mass is 9.98. The number of rotatable bonds is 11. The first-order valence-electron chi connectivity index (χ1n) is 11.8. The van der Waals surface area contributed by atoms with Gasteiger partial charge < -0.3 is 9.64 Å². The Morgan fingerprint density at radius 1 is 1.06 bits per heavy atom. The summed E-state index contributed by atoms with van der Waals surface area (Å²) in [6.07, 6.45) is 5.46. The van der Waals surface area contributed by atoms with E-state index < -0.39 is 0 Å². The second-order valence-corrected chi connectivity index (χ2v) is 8.12. The van der Waals surface area contributed by atoms with Crippen LogP contribution in [0.2, 0.25) is 0 Å². The molecule has 0 bridgehead atoms. The lowest BCUT2D eigenvalue weighted by molar-refractivity contribution is -0.142. The SMILES string of the molecule is CCCCN(Cc1ccc(-c2ccccc2-c2nnn[nH]2)cc1)c1ncncc1CC(=O)OCC. The zero-order valence-corrected chi connectivity index (χ0v) is 20.0. The molecule has 0 fully saturated rings. The molecule has 4 rings (SSSR count). The first kappa shape index (κ1) is 24.0. The minimum Gasteiger partial charge on any atom is -0.466 e. The van der Waals surface area contributed by atoms with Crippen molar-refractivity contribution in [2.24, 2.45) is 0 Å². The van der Waals surface area contributed by atoms with E-state index in [4.69, 9.17) is 4.74 Å². The standard InChI is InChI=1S/C26H29N7O2/c1-3-5-14-33(26-21(16-27-18-28-26)15-24(34)35-4-2)17-19-10-12-20(13-11-19)22-8-6-7-9-23(22)25-29-31-32-30-25/h6-13,16,18H,3-5,14-15,17H2,1-2H3,(H,29,30,31,32). The van der Waals surface area contributed by atoms with Crippen LogP contribution in [0.5, 0.6) is 0 Å². The molecule has 4 aromatic rings. The number of tetrazole rings is 1. The number of benzene rings is 2. The Kier molecular flexibility index (Phi) is 8.11. The van der Waals surface area contributed by atoms with Crippen LogP contribution in [0.1, 0.15) is 37.8 Å². The Balaban J connectivity index is 1.57. The van der Waals surface area contributed by atoms with E-state index in [1.807, 2.05) is 18.2 Å². The third-order valence-electron chi connectivity index (χ3n) is 5.65. The predicted octanol–water partition coefficient (Wildman–Crippen LogP) is 4.24. The van der Waals surface area contributed by atoms with E-state index in [1.165, 1.54) is 6.33 Å². The fourth-order valence-corrected chi connectivity index (χ4v) is 3.96. The van der Waals surface area contributed by atoms with Gasteiger partial charge in [0.2, 0.25) is 0 Å². The van der Waals surface area contributed by atoms with Crippen LogP contribution in [0.3, 0.4) is 0 Å². The molecule has 0 amide bonds. The lowest BCUT2D eigenvalue weighted by Crippen LogP contribution is -2.27. The van der Waals surface area contributed by atoms with Gasteiger partial charge in [0.05, 0.1) is 13.0 Å². The summed E-state index contributed by atoms with van der Waals surface area (Å²) in [7, 11) is 0. The summed E-state index contributed by atoms with van der Waals surface area (Å²) < 4.78 is 5.14. The van der Waals surface area contributed by atoms with E-state index in [0.717, 1.165) is 53.0 Å². The van der Waals surface area contributed by atoms with E-state index in [2.05, 4.69) is 72.7 Å². The highest BCUT2D eigenvalue weighted by molar-refractivity contribution is 5.80. The number of hydrogen-bond donors (Lipinski definition) is 1. The van der Waals surface area contributed by atoms with Gasteiger partial charge in [-0.25, -0.2) is 15.1 Å². The van der Waals surface area contributed by atoms with E-state index in [9.17, 15) is 4.79 Å². The number of anilines is 1. The molecule has 0 aliphatic heterocycles. The molecule has 9 heteroatoms. The number of aromatic nitrogens is 6. The van der Waals surface area contributed by atoms with Crippen LogP contribution in [0, 0.1) is 0 Å². The Morgan fingerprint density at radius 3 is 2.57 bits per heavy atom. The van der Waals surface area contributed by atoms with Crippen LogP contribution < -0.4 is 4.90 Å². The molecule has 2 aromatic carbocycles. The summed E-state index contributed by atoms with van der Waals surface area (Å²) in [5.41, 5.74) is 4.98. The summed E-state index contributed by atoms with van der Waals surface area (Å²) in [4.78, 5) is 23.0. The molecule has 1 N–H and O–H groups in total. The van der Waals surface area contributed by atoms with Gasteiger partial charge in [-0.05, 0) is 40.5 Å². The molecule has 35 heavy (non-hydrogen) atoms. The second kappa shape index (κ2) is 11.8. The molecular weight excluding hydrogens is 442 g/mol. The molecule has 0 aliphatic carbocycles. The normalized spacial score (nSPS) is 10.8. The van der Waals surface area contributed by atoms with Gasteiger partial charge in [0.1, 0.15) is 12.1 Å². The number of unbranched alkanes of at least 4 members (excludes halogenated alkanes) is 1. The highest BCUT2D eigenvalue weighted by Crippen LogP contribution is 2.30. The topological polar surface area (TPSA) is 110 Å². The van der Waals surface area contributed by atoms with E-state index in [-0.39, 0.29) is 12.4 Å². The minimum atomic E-state index is -0.274. The maximum absolute atomic E-state index is 12.1. The van der Waals surface area contributed by atoms with Crippen LogP contribution in [0.25, 0.3) is 22.5 Å². The van der Waals surface area contributed by atoms with Crippen molar-refractivity contribution in [2.45, 2.75) is 39.7 Å². The largest absolute Gasteiger partial charge is 0.466 e. The number of nitrogens with one attached hydrogen (secondary N) is 1. The van der Waals surface area contributed by atoms with Crippen molar-refractivity contribution >= 4 is 11.8 Å². The molecule has 2 heterocycles. The van der Waals surface area contributed by atoms with Crippen LogP contribution >= 0.6 is 0 Å². The number of esters is 1. The number of aromatic amines is 1. The number of ether oxygens (including phenoxy) is 1. The molecule has 0 saturated heterocycles. The van der Waals surface area contributed by atoms with Crippen LogP contribution in [0.4, 0.5) is 5.82 Å². The van der Waals surface area contributed by atoms with Crippen molar-refractivity contribution in [3.05, 3.63) is 72.2 Å². The molecule has 2 aromatic heterocycles. The van der Waals surface area contributed by atoms with Crippen LogP contribution in [-0.4, -0.2) is 49.7 Å². The molecule has 0 radical (unpaired) electrons. The van der Waals surface area contributed by atoms with Crippen molar-refractivity contribution in [3.8, 4) is 22.5 Å². The number of carbonyl (C=O) groups is 1. The Labute approximate surface area is 204 Å². The minimum absolute atomic E-state index is 0.152. The van der Waals surface area contributed by atoms with E-state index in [1.54, 1.807) is 13.1 Å². The zero-order chi connectivity index (χ0) is 24.5. The average molecular weight is 472 g/mol. The Morgan fingerprint density at radius 2 is 1.86 bits per heavy atom. The van der Waals surface area contributed by atoms with Gasteiger partial charge in [-0.15, -0.1) is 5.10 Å². The number of hydrogen-bond acceptors (Lipinski definition) is 8. The maximum atomic E-state index is 12.1. The highest BCUT2D eigenvalue weighted by Gasteiger charge is 2.17. The highest BCUT2D eigenvalue weighted by atomic mass is 16.5. The van der Waals surface area contributed by atoms with Crippen molar-refractivity contribution in [3.63, 3.8) is 0 Å². The number of H-pyrrole nitrogens is 1. The molecule has 180 valence electrons. The third-order valence-corrected chi connectivity index (χ3v) is 5.65. The van der Waals surface area contributed by atoms with Crippen molar-refractivity contribution < 1.29 is 9.53 Å². The summed E-state index contributed by atoms with van der Waals surface area (Å²) in [5.74, 6) is 1.13. The molecule has 0 spiro atoms. The van der Waals surface area contributed by atoms with Crippen molar-refractivity contribution in [1.82, 2.24) is 30.6 Å². The number of carbonyl (C=O) groups excluding carboxylic acids is 1. The molecule has 9 nitrogen and oxygen atoms in total. The van der Waals surface area contributed by atoms with Gasteiger partial charge in [-0.3, -0.25) is 4.79 Å². The monoisotopic (exact) mass is 471 g/mol. The average Bonchev–Trinajstić information content (AvgIpc) is 3.43. The predicted molar refractivity (Wildman–Crippen MR) is 133 cm³/mol. The smallest absolute Gasteiger partial charge is 0.310 e. The summed E-state index contributed by atoms with van der Waals surface area (Å²) in [6, 6.07) is 16.5.